The summed E-state index contributed by atoms with van der Waals surface area (Å²) in [5, 5.41) is 22.8. The molecule has 3 aromatic rings. The third-order valence-corrected chi connectivity index (χ3v) is 4.55. The third kappa shape index (κ3) is 4.75. The van der Waals surface area contributed by atoms with Crippen molar-refractivity contribution in [3.63, 3.8) is 0 Å². The number of aliphatic hydroxyl groups excluding tert-OH is 1. The molecule has 1 atom stereocenters. The van der Waals surface area contributed by atoms with Crippen LogP contribution in [0.5, 0.6) is 5.75 Å². The summed E-state index contributed by atoms with van der Waals surface area (Å²) in [7, 11) is 0. The van der Waals surface area contributed by atoms with Crippen molar-refractivity contribution >= 4 is 28.6 Å². The van der Waals surface area contributed by atoms with Crippen LogP contribution >= 0.6 is 11.6 Å². The highest BCUT2D eigenvalue weighted by molar-refractivity contribution is 6.31. The van der Waals surface area contributed by atoms with E-state index in [1.165, 1.54) is 0 Å². The maximum absolute atomic E-state index is 10.3. The van der Waals surface area contributed by atoms with Crippen molar-refractivity contribution in [2.24, 2.45) is 0 Å². The molecule has 1 heterocycles. The molecule has 0 aliphatic carbocycles. The Bertz CT molecular complexity index is 976. The van der Waals surface area contributed by atoms with Gasteiger partial charge in [-0.3, -0.25) is 0 Å². The molecule has 6 nitrogen and oxygen atoms in total. The van der Waals surface area contributed by atoms with Crippen molar-refractivity contribution in [3.05, 3.63) is 53.1 Å². The summed E-state index contributed by atoms with van der Waals surface area (Å²) >= 11 is 6.12. The van der Waals surface area contributed by atoms with Crippen LogP contribution in [0, 0.1) is 11.3 Å². The Morgan fingerprint density at radius 1 is 1.25 bits per heavy atom. The van der Waals surface area contributed by atoms with Gasteiger partial charge in [0.15, 0.2) is 0 Å². The number of hydrogen-bond donors (Lipinski definition) is 2. The van der Waals surface area contributed by atoms with Gasteiger partial charge < -0.3 is 19.7 Å². The fourth-order valence-corrected chi connectivity index (χ4v) is 3.14. The Kier molecular flexibility index (Phi) is 6.40. The summed E-state index contributed by atoms with van der Waals surface area (Å²) in [4.78, 5) is 4.61. The second-order valence-corrected chi connectivity index (χ2v) is 7.29. The maximum Gasteiger partial charge on any atom is 0.204 e. The van der Waals surface area contributed by atoms with Gasteiger partial charge >= 0.3 is 0 Å². The Hall–Kier alpha value is -2.75. The van der Waals surface area contributed by atoms with E-state index >= 15 is 0 Å². The number of ether oxygens (including phenoxy) is 1. The molecular formula is C21H23ClN4O2. The molecule has 0 aliphatic heterocycles. The van der Waals surface area contributed by atoms with Crippen LogP contribution in [0.1, 0.15) is 25.5 Å². The van der Waals surface area contributed by atoms with Crippen molar-refractivity contribution < 1.29 is 9.84 Å². The highest BCUT2D eigenvalue weighted by atomic mass is 35.5. The number of aromatic nitrogens is 2. The Morgan fingerprint density at radius 3 is 2.68 bits per heavy atom. The summed E-state index contributed by atoms with van der Waals surface area (Å²) in [6.07, 6.45) is -0.336. The predicted molar refractivity (Wildman–Crippen MR) is 111 cm³/mol. The van der Waals surface area contributed by atoms with Crippen LogP contribution in [-0.2, 0) is 6.42 Å². The lowest BCUT2D eigenvalue weighted by Crippen LogP contribution is -2.27. The smallest absolute Gasteiger partial charge is 0.204 e. The second-order valence-electron chi connectivity index (χ2n) is 6.86. The SMILES string of the molecule is CC(C)n1c(NCC(O)COc2ccc(CC#N)cc2)nc2ccc(Cl)cc21. The summed E-state index contributed by atoms with van der Waals surface area (Å²) in [5.41, 5.74) is 2.74. The average Bonchev–Trinajstić information content (AvgIpc) is 3.03. The monoisotopic (exact) mass is 398 g/mol. The lowest BCUT2D eigenvalue weighted by atomic mass is 10.2. The van der Waals surface area contributed by atoms with E-state index in [0.717, 1.165) is 16.6 Å². The molecule has 28 heavy (non-hydrogen) atoms. The summed E-state index contributed by atoms with van der Waals surface area (Å²) in [5.74, 6) is 1.34. The molecule has 0 saturated carbocycles. The van der Waals surface area contributed by atoms with Crippen LogP contribution in [0.3, 0.4) is 0 Å². The van der Waals surface area contributed by atoms with E-state index in [4.69, 9.17) is 21.6 Å². The Labute approximate surface area is 169 Å². The normalized spacial score (nSPS) is 12.1. The second kappa shape index (κ2) is 8.96. The molecule has 3 rings (SSSR count). The van der Waals surface area contributed by atoms with Crippen molar-refractivity contribution in [1.29, 1.82) is 5.26 Å². The van der Waals surface area contributed by atoms with Gasteiger partial charge in [0, 0.05) is 17.6 Å². The number of fused-ring (bicyclic) bond motifs is 1. The molecule has 0 radical (unpaired) electrons. The predicted octanol–water partition coefficient (Wildman–Crippen LogP) is 4.19. The number of rotatable bonds is 8. The highest BCUT2D eigenvalue weighted by Crippen LogP contribution is 2.26. The third-order valence-electron chi connectivity index (χ3n) is 4.31. The largest absolute Gasteiger partial charge is 0.491 e. The van der Waals surface area contributed by atoms with Gasteiger partial charge in [0.25, 0.3) is 0 Å². The number of imidazole rings is 1. The van der Waals surface area contributed by atoms with Gasteiger partial charge in [0.05, 0.1) is 23.5 Å². The number of benzene rings is 2. The standard InChI is InChI=1S/C21H23ClN4O2/c1-14(2)26-20-11-16(22)5-8-19(20)25-21(26)24-12-17(27)13-28-18-6-3-15(4-7-18)9-10-23/h3-8,11,14,17,27H,9,12-13H2,1-2H3,(H,24,25). The molecule has 1 aromatic heterocycles. The van der Waals surface area contributed by atoms with Crippen molar-refractivity contribution in [3.8, 4) is 11.8 Å². The summed E-state index contributed by atoms with van der Waals surface area (Å²) in [6, 6.07) is 15.2. The first-order valence-electron chi connectivity index (χ1n) is 9.16. The van der Waals surface area contributed by atoms with Gasteiger partial charge in [-0.1, -0.05) is 23.7 Å². The Morgan fingerprint density at radius 2 is 2.00 bits per heavy atom. The van der Waals surface area contributed by atoms with Crippen molar-refractivity contribution in [2.45, 2.75) is 32.4 Å². The zero-order chi connectivity index (χ0) is 20.1. The minimum absolute atomic E-state index is 0.151. The molecule has 0 aliphatic rings. The molecule has 0 bridgehead atoms. The molecule has 0 saturated heterocycles. The van der Waals surface area contributed by atoms with Gasteiger partial charge in [0.2, 0.25) is 5.95 Å². The minimum Gasteiger partial charge on any atom is -0.491 e. The van der Waals surface area contributed by atoms with Gasteiger partial charge in [-0.25, -0.2) is 4.98 Å². The van der Waals surface area contributed by atoms with Crippen LogP contribution in [0.2, 0.25) is 5.02 Å². The van der Waals surface area contributed by atoms with E-state index in [0.29, 0.717) is 29.7 Å². The first-order chi connectivity index (χ1) is 13.5. The van der Waals surface area contributed by atoms with E-state index in [2.05, 4.69) is 34.8 Å². The quantitative estimate of drug-likeness (QED) is 0.594. The van der Waals surface area contributed by atoms with E-state index in [9.17, 15) is 5.11 Å². The fraction of sp³-hybridized carbons (Fsp3) is 0.333. The molecule has 0 spiro atoms. The van der Waals surface area contributed by atoms with Gasteiger partial charge in [0.1, 0.15) is 18.5 Å². The molecule has 0 fully saturated rings. The first kappa shape index (κ1) is 20.0. The number of nitrogens with one attached hydrogen (secondary N) is 1. The molecule has 146 valence electrons. The Balaban J connectivity index is 1.60. The van der Waals surface area contributed by atoms with Crippen molar-refractivity contribution in [1.82, 2.24) is 9.55 Å². The topological polar surface area (TPSA) is 83.1 Å². The van der Waals surface area contributed by atoms with E-state index in [-0.39, 0.29) is 12.6 Å². The van der Waals surface area contributed by atoms with Crippen LogP contribution in [0.15, 0.2) is 42.5 Å². The van der Waals surface area contributed by atoms with Crippen LogP contribution in [0.25, 0.3) is 11.0 Å². The number of aliphatic hydroxyl groups is 1. The summed E-state index contributed by atoms with van der Waals surface area (Å²) in [6.45, 7) is 4.60. The molecule has 0 amide bonds. The number of nitriles is 1. The molecular weight excluding hydrogens is 376 g/mol. The molecule has 7 heteroatoms. The lowest BCUT2D eigenvalue weighted by Gasteiger charge is -2.17. The van der Waals surface area contributed by atoms with Gasteiger partial charge in [-0.05, 0) is 49.7 Å². The number of anilines is 1. The van der Waals surface area contributed by atoms with E-state index in [1.807, 2.05) is 30.3 Å². The number of nitrogens with zero attached hydrogens (tertiary/aromatic N) is 3. The van der Waals surface area contributed by atoms with Crippen LogP contribution < -0.4 is 10.1 Å². The first-order valence-corrected chi connectivity index (χ1v) is 9.54. The molecule has 2 N–H and O–H groups in total. The van der Waals surface area contributed by atoms with Crippen LogP contribution in [-0.4, -0.2) is 33.9 Å². The van der Waals surface area contributed by atoms with Crippen molar-refractivity contribution in [2.75, 3.05) is 18.5 Å². The zero-order valence-electron chi connectivity index (χ0n) is 15.9. The average molecular weight is 399 g/mol. The van der Waals surface area contributed by atoms with E-state index in [1.54, 1.807) is 12.1 Å². The highest BCUT2D eigenvalue weighted by Gasteiger charge is 2.15. The van der Waals surface area contributed by atoms with E-state index < -0.39 is 6.10 Å². The minimum atomic E-state index is -0.706. The maximum atomic E-state index is 10.3. The lowest BCUT2D eigenvalue weighted by molar-refractivity contribution is 0.117. The van der Waals surface area contributed by atoms with Gasteiger partial charge in [-0.15, -0.1) is 0 Å². The number of hydrogen-bond acceptors (Lipinski definition) is 5. The van der Waals surface area contributed by atoms with Gasteiger partial charge in [-0.2, -0.15) is 5.26 Å². The number of halogens is 1. The molecule has 1 unspecified atom stereocenters. The fourth-order valence-electron chi connectivity index (χ4n) is 2.97. The summed E-state index contributed by atoms with van der Waals surface area (Å²) < 4.78 is 7.68. The van der Waals surface area contributed by atoms with Crippen LogP contribution in [0.4, 0.5) is 5.95 Å². The zero-order valence-corrected chi connectivity index (χ0v) is 16.6. The molecule has 2 aromatic carbocycles.